The molecular weight excluding hydrogens is 164 g/mol. The van der Waals surface area contributed by atoms with Gasteiger partial charge in [0.05, 0.1) is 0 Å². The highest BCUT2D eigenvalue weighted by molar-refractivity contribution is 5.70. The Hall–Kier alpha value is -1.05. The summed E-state index contributed by atoms with van der Waals surface area (Å²) in [7, 11) is 0. The molecule has 0 amide bonds. The minimum absolute atomic E-state index is 0.0743. The lowest BCUT2D eigenvalue weighted by atomic mass is 9.99. The van der Waals surface area contributed by atoms with E-state index in [2.05, 4.69) is 13.0 Å². The number of rotatable bonds is 2. The van der Waals surface area contributed by atoms with Crippen molar-refractivity contribution < 1.29 is 9.53 Å². The zero-order valence-corrected chi connectivity index (χ0v) is 8.41. The molecule has 0 saturated heterocycles. The fraction of sp³-hybridized carbons (Fsp3) is 0.545. The van der Waals surface area contributed by atoms with Crippen LogP contribution in [0.15, 0.2) is 23.5 Å². The zero-order valence-electron chi connectivity index (χ0n) is 8.41. The first-order valence-corrected chi connectivity index (χ1v) is 4.60. The average Bonchev–Trinajstić information content (AvgIpc) is 2.01. The molecule has 13 heavy (non-hydrogen) atoms. The van der Waals surface area contributed by atoms with Crippen LogP contribution in [-0.4, -0.2) is 12.4 Å². The molecule has 0 saturated carbocycles. The fourth-order valence-electron chi connectivity index (χ4n) is 1.52. The van der Waals surface area contributed by atoms with Crippen molar-refractivity contribution in [2.45, 2.75) is 33.3 Å². The Balaban J connectivity index is 2.69. The number of allylic oxidation sites excluding steroid dienone is 3. The summed E-state index contributed by atoms with van der Waals surface area (Å²) in [6.07, 6.45) is 5.75. The van der Waals surface area contributed by atoms with E-state index in [9.17, 15) is 4.79 Å². The Morgan fingerprint density at radius 3 is 2.85 bits per heavy atom. The SMILES string of the molecule is CC(C)=CC1CC(C)C=C(C=O)O1. The number of carbonyl (C=O) groups is 1. The van der Waals surface area contributed by atoms with E-state index < -0.39 is 0 Å². The molecule has 0 aromatic rings. The Morgan fingerprint density at radius 1 is 1.62 bits per heavy atom. The van der Waals surface area contributed by atoms with Crippen LogP contribution in [0.2, 0.25) is 0 Å². The summed E-state index contributed by atoms with van der Waals surface area (Å²) in [6.45, 7) is 6.16. The van der Waals surface area contributed by atoms with E-state index in [1.54, 1.807) is 0 Å². The molecule has 0 aliphatic carbocycles. The van der Waals surface area contributed by atoms with Gasteiger partial charge in [-0.3, -0.25) is 4.79 Å². The van der Waals surface area contributed by atoms with Crippen molar-refractivity contribution in [3.63, 3.8) is 0 Å². The third-order valence-corrected chi connectivity index (χ3v) is 1.98. The summed E-state index contributed by atoms with van der Waals surface area (Å²) in [5, 5.41) is 0. The molecule has 1 aliphatic heterocycles. The molecule has 0 spiro atoms. The molecular formula is C11H16O2. The normalized spacial score (nSPS) is 27.2. The smallest absolute Gasteiger partial charge is 0.184 e. The number of hydrogen-bond acceptors (Lipinski definition) is 2. The molecule has 0 N–H and O–H groups in total. The number of aldehydes is 1. The van der Waals surface area contributed by atoms with Crippen molar-refractivity contribution >= 4 is 6.29 Å². The quantitative estimate of drug-likeness (QED) is 0.482. The summed E-state index contributed by atoms with van der Waals surface area (Å²) in [5.41, 5.74) is 1.23. The maximum Gasteiger partial charge on any atom is 0.184 e. The molecule has 1 rings (SSSR count). The van der Waals surface area contributed by atoms with E-state index in [-0.39, 0.29) is 6.10 Å². The van der Waals surface area contributed by atoms with Crippen LogP contribution in [-0.2, 0) is 9.53 Å². The molecule has 2 nitrogen and oxygen atoms in total. The van der Waals surface area contributed by atoms with E-state index in [0.29, 0.717) is 11.7 Å². The van der Waals surface area contributed by atoms with E-state index in [1.165, 1.54) is 5.57 Å². The fourth-order valence-corrected chi connectivity index (χ4v) is 1.52. The Kier molecular flexibility index (Phi) is 3.29. The van der Waals surface area contributed by atoms with Gasteiger partial charge < -0.3 is 4.74 Å². The predicted octanol–water partition coefficient (Wildman–Crippen LogP) is 2.46. The highest BCUT2D eigenvalue weighted by Crippen LogP contribution is 2.22. The Bertz CT molecular complexity index is 247. The lowest BCUT2D eigenvalue weighted by Gasteiger charge is -2.23. The monoisotopic (exact) mass is 180 g/mol. The second-order valence-corrected chi connectivity index (χ2v) is 3.80. The molecule has 0 radical (unpaired) electrons. The molecule has 2 atom stereocenters. The Labute approximate surface area is 79.3 Å². The lowest BCUT2D eigenvalue weighted by Crippen LogP contribution is -2.19. The predicted molar refractivity (Wildman–Crippen MR) is 52.2 cm³/mol. The molecule has 72 valence electrons. The van der Waals surface area contributed by atoms with Gasteiger partial charge in [0.1, 0.15) is 6.10 Å². The van der Waals surface area contributed by atoms with Gasteiger partial charge in [0.2, 0.25) is 0 Å². The maximum absolute atomic E-state index is 10.5. The van der Waals surface area contributed by atoms with Gasteiger partial charge in [0, 0.05) is 0 Å². The van der Waals surface area contributed by atoms with Crippen LogP contribution >= 0.6 is 0 Å². The van der Waals surface area contributed by atoms with Crippen LogP contribution in [0.1, 0.15) is 27.2 Å². The summed E-state index contributed by atoms with van der Waals surface area (Å²) in [6, 6.07) is 0. The van der Waals surface area contributed by atoms with Gasteiger partial charge in [-0.25, -0.2) is 0 Å². The van der Waals surface area contributed by atoms with Crippen LogP contribution in [0.3, 0.4) is 0 Å². The molecule has 1 aliphatic rings. The van der Waals surface area contributed by atoms with Crippen LogP contribution in [0.4, 0.5) is 0 Å². The molecule has 0 aromatic heterocycles. The molecule has 0 aromatic carbocycles. The topological polar surface area (TPSA) is 26.3 Å². The first kappa shape index (κ1) is 10.0. The Morgan fingerprint density at radius 2 is 2.31 bits per heavy atom. The van der Waals surface area contributed by atoms with Crippen LogP contribution < -0.4 is 0 Å². The van der Waals surface area contributed by atoms with Gasteiger partial charge in [0.15, 0.2) is 12.0 Å². The number of ether oxygens (including phenoxy) is 1. The second-order valence-electron chi connectivity index (χ2n) is 3.80. The van der Waals surface area contributed by atoms with E-state index >= 15 is 0 Å². The van der Waals surface area contributed by atoms with Gasteiger partial charge in [-0.2, -0.15) is 0 Å². The number of hydrogen-bond donors (Lipinski definition) is 0. The lowest BCUT2D eigenvalue weighted by molar-refractivity contribution is -0.108. The molecule has 0 bridgehead atoms. The summed E-state index contributed by atoms with van der Waals surface area (Å²) in [5.74, 6) is 0.899. The van der Waals surface area contributed by atoms with Gasteiger partial charge in [0.25, 0.3) is 0 Å². The van der Waals surface area contributed by atoms with Gasteiger partial charge >= 0.3 is 0 Å². The van der Waals surface area contributed by atoms with Crippen molar-refractivity contribution in [1.82, 2.24) is 0 Å². The van der Waals surface area contributed by atoms with Gasteiger partial charge in [-0.15, -0.1) is 0 Å². The third-order valence-electron chi connectivity index (χ3n) is 1.98. The maximum atomic E-state index is 10.5. The molecule has 2 heteroatoms. The second kappa shape index (κ2) is 4.26. The minimum atomic E-state index is 0.0743. The average molecular weight is 180 g/mol. The summed E-state index contributed by atoms with van der Waals surface area (Å²) in [4.78, 5) is 10.5. The first-order chi connectivity index (χ1) is 6.11. The van der Waals surface area contributed by atoms with Crippen LogP contribution in [0.5, 0.6) is 0 Å². The minimum Gasteiger partial charge on any atom is -0.483 e. The van der Waals surface area contributed by atoms with Crippen molar-refractivity contribution in [2.75, 3.05) is 0 Å². The van der Waals surface area contributed by atoms with Crippen molar-refractivity contribution in [3.05, 3.63) is 23.5 Å². The van der Waals surface area contributed by atoms with E-state index in [1.807, 2.05) is 19.9 Å². The summed E-state index contributed by atoms with van der Waals surface area (Å²) < 4.78 is 5.43. The molecule has 2 unspecified atom stereocenters. The van der Waals surface area contributed by atoms with Crippen molar-refractivity contribution in [2.24, 2.45) is 5.92 Å². The highest BCUT2D eigenvalue weighted by atomic mass is 16.5. The highest BCUT2D eigenvalue weighted by Gasteiger charge is 2.18. The van der Waals surface area contributed by atoms with Crippen molar-refractivity contribution in [3.8, 4) is 0 Å². The van der Waals surface area contributed by atoms with E-state index in [4.69, 9.17) is 4.74 Å². The third kappa shape index (κ3) is 3.05. The van der Waals surface area contributed by atoms with Crippen LogP contribution in [0, 0.1) is 5.92 Å². The van der Waals surface area contributed by atoms with Gasteiger partial charge in [-0.1, -0.05) is 12.5 Å². The molecule has 1 heterocycles. The number of carbonyl (C=O) groups excluding carboxylic acids is 1. The standard InChI is InChI=1S/C11H16O2/c1-8(2)4-10-5-9(3)6-11(7-12)13-10/h4,6-7,9-10H,5H2,1-3H3. The van der Waals surface area contributed by atoms with Gasteiger partial charge in [-0.05, 0) is 38.3 Å². The first-order valence-electron chi connectivity index (χ1n) is 4.60. The van der Waals surface area contributed by atoms with Crippen LogP contribution in [0.25, 0.3) is 0 Å². The largest absolute Gasteiger partial charge is 0.483 e. The van der Waals surface area contributed by atoms with E-state index in [0.717, 1.165) is 12.7 Å². The summed E-state index contributed by atoms with van der Waals surface area (Å²) >= 11 is 0. The van der Waals surface area contributed by atoms with Crippen molar-refractivity contribution in [1.29, 1.82) is 0 Å². The zero-order chi connectivity index (χ0) is 9.84. The molecule has 0 fully saturated rings.